The number of nitro groups is 1. The lowest BCUT2D eigenvalue weighted by molar-refractivity contribution is -0.384. The van der Waals surface area contributed by atoms with E-state index in [-0.39, 0.29) is 5.69 Å². The molecular formula is C15H10N2O2. The third kappa shape index (κ3) is 3.05. The van der Waals surface area contributed by atoms with Crippen LogP contribution >= 0.6 is 0 Å². The highest BCUT2D eigenvalue weighted by atomic mass is 16.6. The summed E-state index contributed by atoms with van der Waals surface area (Å²) in [5.74, 6) is 0. The van der Waals surface area contributed by atoms with Gasteiger partial charge in [-0.15, -0.1) is 0 Å². The molecule has 2 rings (SSSR count). The minimum absolute atomic E-state index is 0.0374. The van der Waals surface area contributed by atoms with E-state index in [0.29, 0.717) is 5.57 Å². The van der Waals surface area contributed by atoms with Gasteiger partial charge in [0.1, 0.15) is 0 Å². The van der Waals surface area contributed by atoms with Crippen LogP contribution in [-0.2, 0) is 0 Å². The lowest BCUT2D eigenvalue weighted by Crippen LogP contribution is -1.87. The third-order valence-corrected chi connectivity index (χ3v) is 2.62. The van der Waals surface area contributed by atoms with E-state index < -0.39 is 4.92 Å². The minimum Gasteiger partial charge on any atom is -0.258 e. The fourth-order valence-corrected chi connectivity index (χ4v) is 1.66. The van der Waals surface area contributed by atoms with Crippen molar-refractivity contribution in [2.75, 3.05) is 0 Å². The molecule has 0 heterocycles. The molecule has 0 fully saturated rings. The van der Waals surface area contributed by atoms with E-state index in [1.807, 2.05) is 30.3 Å². The first-order chi connectivity index (χ1) is 9.20. The van der Waals surface area contributed by atoms with Gasteiger partial charge in [0.15, 0.2) is 0 Å². The van der Waals surface area contributed by atoms with Gasteiger partial charge in [0.05, 0.1) is 16.6 Å². The number of nitro benzene ring substituents is 1. The van der Waals surface area contributed by atoms with Gasteiger partial charge in [-0.2, -0.15) is 5.26 Å². The lowest BCUT2D eigenvalue weighted by atomic mass is 10.0. The van der Waals surface area contributed by atoms with Gasteiger partial charge in [0.25, 0.3) is 5.69 Å². The van der Waals surface area contributed by atoms with Gasteiger partial charge >= 0.3 is 0 Å². The van der Waals surface area contributed by atoms with Crippen LogP contribution in [0.1, 0.15) is 11.1 Å². The quantitative estimate of drug-likeness (QED) is 0.361. The Morgan fingerprint density at radius 3 is 2.26 bits per heavy atom. The summed E-state index contributed by atoms with van der Waals surface area (Å²) < 4.78 is 0. The van der Waals surface area contributed by atoms with Crippen molar-refractivity contribution in [3.8, 4) is 6.07 Å². The predicted molar refractivity (Wildman–Crippen MR) is 73.0 cm³/mol. The van der Waals surface area contributed by atoms with E-state index in [4.69, 9.17) is 5.26 Å². The molecule has 4 nitrogen and oxygen atoms in total. The number of allylic oxidation sites excluding steroid dienone is 1. The third-order valence-electron chi connectivity index (χ3n) is 2.62. The van der Waals surface area contributed by atoms with Gasteiger partial charge in [-0.3, -0.25) is 10.1 Å². The summed E-state index contributed by atoms with van der Waals surface area (Å²) in [7, 11) is 0. The zero-order valence-electron chi connectivity index (χ0n) is 9.98. The van der Waals surface area contributed by atoms with Crippen LogP contribution in [0.25, 0.3) is 11.6 Å². The number of nitriles is 1. The molecule has 4 heteroatoms. The highest BCUT2D eigenvalue weighted by molar-refractivity contribution is 5.89. The van der Waals surface area contributed by atoms with E-state index in [1.165, 1.54) is 12.1 Å². The lowest BCUT2D eigenvalue weighted by Gasteiger charge is -1.99. The van der Waals surface area contributed by atoms with Crippen molar-refractivity contribution in [3.05, 3.63) is 75.8 Å². The second kappa shape index (κ2) is 5.61. The van der Waals surface area contributed by atoms with Crippen molar-refractivity contribution in [3.63, 3.8) is 0 Å². The van der Waals surface area contributed by atoms with Crippen LogP contribution in [0.5, 0.6) is 0 Å². The van der Waals surface area contributed by atoms with Gasteiger partial charge in [-0.25, -0.2) is 0 Å². The number of hydrogen-bond acceptors (Lipinski definition) is 3. The summed E-state index contributed by atoms with van der Waals surface area (Å²) in [6, 6.07) is 17.5. The monoisotopic (exact) mass is 250 g/mol. The van der Waals surface area contributed by atoms with Crippen LogP contribution in [0.3, 0.4) is 0 Å². The van der Waals surface area contributed by atoms with Crippen molar-refractivity contribution in [1.29, 1.82) is 5.26 Å². The largest absolute Gasteiger partial charge is 0.269 e. The Kier molecular flexibility index (Phi) is 3.70. The average molecular weight is 250 g/mol. The molecule has 0 saturated carbocycles. The van der Waals surface area contributed by atoms with E-state index in [1.54, 1.807) is 18.2 Å². The fraction of sp³-hybridized carbons (Fsp3) is 0. The van der Waals surface area contributed by atoms with Gasteiger partial charge in [0.2, 0.25) is 0 Å². The van der Waals surface area contributed by atoms with Crippen LogP contribution in [-0.4, -0.2) is 4.92 Å². The number of hydrogen-bond donors (Lipinski definition) is 0. The molecule has 2 aromatic rings. The van der Waals surface area contributed by atoms with E-state index >= 15 is 0 Å². The van der Waals surface area contributed by atoms with Crippen LogP contribution in [0.2, 0.25) is 0 Å². The van der Waals surface area contributed by atoms with Gasteiger partial charge in [0, 0.05) is 12.1 Å². The average Bonchev–Trinajstić information content (AvgIpc) is 2.46. The molecule has 92 valence electrons. The first-order valence-electron chi connectivity index (χ1n) is 5.62. The maximum Gasteiger partial charge on any atom is 0.269 e. The maximum absolute atomic E-state index is 10.5. The highest BCUT2D eigenvalue weighted by Gasteiger charge is 2.04. The SMILES string of the molecule is N#C/C(=C/c1ccc([N+](=O)[O-])cc1)c1ccccc1. The van der Waals surface area contributed by atoms with Crippen molar-refractivity contribution in [2.24, 2.45) is 0 Å². The van der Waals surface area contributed by atoms with Crippen molar-refractivity contribution in [1.82, 2.24) is 0 Å². The molecule has 0 radical (unpaired) electrons. The minimum atomic E-state index is -0.449. The molecule has 0 spiro atoms. The van der Waals surface area contributed by atoms with E-state index in [9.17, 15) is 10.1 Å². The number of benzene rings is 2. The molecule has 0 atom stereocenters. The summed E-state index contributed by atoms with van der Waals surface area (Å²) in [5, 5.41) is 19.7. The fourth-order valence-electron chi connectivity index (χ4n) is 1.66. The van der Waals surface area contributed by atoms with Gasteiger partial charge in [-0.1, -0.05) is 30.3 Å². The van der Waals surface area contributed by atoms with Crippen LogP contribution in [0.15, 0.2) is 54.6 Å². The Hall–Kier alpha value is -2.93. The molecular weight excluding hydrogens is 240 g/mol. The second-order valence-corrected chi connectivity index (χ2v) is 3.88. The summed E-state index contributed by atoms with van der Waals surface area (Å²) in [5.41, 5.74) is 2.14. The standard InChI is InChI=1S/C15H10N2O2/c16-11-14(13-4-2-1-3-5-13)10-12-6-8-15(9-7-12)17(18)19/h1-10H/b14-10-. The van der Waals surface area contributed by atoms with E-state index in [2.05, 4.69) is 6.07 Å². The van der Waals surface area contributed by atoms with Crippen LogP contribution < -0.4 is 0 Å². The van der Waals surface area contributed by atoms with Crippen LogP contribution in [0, 0.1) is 21.4 Å². The van der Waals surface area contributed by atoms with Crippen molar-refractivity contribution in [2.45, 2.75) is 0 Å². The predicted octanol–water partition coefficient (Wildman–Crippen LogP) is 3.66. The maximum atomic E-state index is 10.5. The molecule has 0 aliphatic rings. The van der Waals surface area contributed by atoms with Gasteiger partial charge in [-0.05, 0) is 29.3 Å². The molecule has 19 heavy (non-hydrogen) atoms. The Balaban J connectivity index is 2.34. The molecule has 0 unspecified atom stereocenters. The highest BCUT2D eigenvalue weighted by Crippen LogP contribution is 2.19. The Morgan fingerprint density at radius 1 is 1.11 bits per heavy atom. The summed E-state index contributed by atoms with van der Waals surface area (Å²) >= 11 is 0. The molecule has 0 aromatic heterocycles. The first-order valence-corrected chi connectivity index (χ1v) is 5.62. The molecule has 0 bridgehead atoms. The smallest absolute Gasteiger partial charge is 0.258 e. The van der Waals surface area contributed by atoms with Gasteiger partial charge < -0.3 is 0 Å². The second-order valence-electron chi connectivity index (χ2n) is 3.88. The molecule has 0 N–H and O–H groups in total. The summed E-state index contributed by atoms with van der Waals surface area (Å²) in [6.07, 6.45) is 1.71. The molecule has 0 aliphatic heterocycles. The zero-order valence-corrected chi connectivity index (χ0v) is 9.98. The molecule has 2 aromatic carbocycles. The molecule has 0 saturated heterocycles. The number of rotatable bonds is 3. The Bertz CT molecular complexity index is 653. The first kappa shape index (κ1) is 12.5. The number of nitrogens with zero attached hydrogens (tertiary/aromatic N) is 2. The van der Waals surface area contributed by atoms with E-state index in [0.717, 1.165) is 11.1 Å². The zero-order chi connectivity index (χ0) is 13.7. The van der Waals surface area contributed by atoms with Crippen LogP contribution in [0.4, 0.5) is 5.69 Å². The van der Waals surface area contributed by atoms with Crippen molar-refractivity contribution >= 4 is 17.3 Å². The Morgan fingerprint density at radius 2 is 1.74 bits per heavy atom. The topological polar surface area (TPSA) is 66.9 Å². The Labute approximate surface area is 110 Å². The summed E-state index contributed by atoms with van der Waals surface area (Å²) in [4.78, 5) is 10.1. The molecule has 0 aliphatic carbocycles. The number of non-ortho nitro benzene ring substituents is 1. The summed E-state index contributed by atoms with van der Waals surface area (Å²) in [6.45, 7) is 0. The normalized spacial score (nSPS) is 10.8. The van der Waals surface area contributed by atoms with Crippen molar-refractivity contribution < 1.29 is 4.92 Å². The molecule has 0 amide bonds.